The minimum Gasteiger partial charge on any atom is -0.497 e. The maximum atomic E-state index is 12.3. The molecule has 1 aromatic carbocycles. The Morgan fingerprint density at radius 1 is 1.20 bits per heavy atom. The first-order valence-electron chi connectivity index (χ1n) is 7.66. The zero-order chi connectivity index (χ0) is 17.6. The van der Waals surface area contributed by atoms with Crippen LogP contribution < -0.4 is 14.8 Å². The van der Waals surface area contributed by atoms with Crippen LogP contribution in [0.4, 0.5) is 0 Å². The lowest BCUT2D eigenvalue weighted by Crippen LogP contribution is -2.23. The number of carbonyl (C=O) groups excluding carboxylic acids is 1. The quantitative estimate of drug-likeness (QED) is 0.720. The molecule has 2 heterocycles. The Morgan fingerprint density at radius 3 is 2.80 bits per heavy atom. The van der Waals surface area contributed by atoms with Crippen molar-refractivity contribution in [1.82, 2.24) is 20.5 Å². The number of nitrogens with zero attached hydrogens (tertiary/aromatic N) is 2. The summed E-state index contributed by atoms with van der Waals surface area (Å²) in [5, 5.41) is 9.74. The summed E-state index contributed by atoms with van der Waals surface area (Å²) in [5.41, 5.74) is 2.70. The minimum atomic E-state index is -0.257. The van der Waals surface area contributed by atoms with E-state index in [0.29, 0.717) is 29.4 Å². The molecule has 0 spiro atoms. The van der Waals surface area contributed by atoms with Gasteiger partial charge in [-0.3, -0.25) is 14.9 Å². The maximum absolute atomic E-state index is 12.3. The fourth-order valence-electron chi connectivity index (χ4n) is 2.39. The van der Waals surface area contributed by atoms with Crippen molar-refractivity contribution >= 4 is 5.91 Å². The van der Waals surface area contributed by atoms with E-state index < -0.39 is 0 Å². The van der Waals surface area contributed by atoms with Crippen LogP contribution in [0.1, 0.15) is 16.1 Å². The van der Waals surface area contributed by atoms with E-state index in [-0.39, 0.29) is 5.91 Å². The summed E-state index contributed by atoms with van der Waals surface area (Å²) in [5.74, 6) is 1.12. The fraction of sp³-hybridized carbons (Fsp3) is 0.167. The van der Waals surface area contributed by atoms with Gasteiger partial charge in [-0.1, -0.05) is 0 Å². The number of H-pyrrole nitrogens is 1. The van der Waals surface area contributed by atoms with Crippen LogP contribution in [0.3, 0.4) is 0 Å². The number of aromatic amines is 1. The van der Waals surface area contributed by atoms with Crippen molar-refractivity contribution in [3.8, 4) is 22.8 Å². The second-order valence-electron chi connectivity index (χ2n) is 5.27. The monoisotopic (exact) mass is 338 g/mol. The number of methoxy groups -OCH3 is 2. The number of pyridine rings is 1. The van der Waals surface area contributed by atoms with Gasteiger partial charge in [-0.2, -0.15) is 5.10 Å². The van der Waals surface area contributed by atoms with Crippen LogP contribution in [0, 0.1) is 0 Å². The molecule has 7 nitrogen and oxygen atoms in total. The number of amides is 1. The van der Waals surface area contributed by atoms with Crippen molar-refractivity contribution in [3.05, 3.63) is 60.0 Å². The summed E-state index contributed by atoms with van der Waals surface area (Å²) in [6, 6.07) is 10.8. The second kappa shape index (κ2) is 7.48. The molecule has 25 heavy (non-hydrogen) atoms. The van der Waals surface area contributed by atoms with Crippen LogP contribution in [0.15, 0.2) is 48.8 Å². The van der Waals surface area contributed by atoms with E-state index in [0.717, 1.165) is 11.1 Å². The first-order valence-corrected chi connectivity index (χ1v) is 7.66. The third-order valence-corrected chi connectivity index (χ3v) is 3.71. The van der Waals surface area contributed by atoms with E-state index in [4.69, 9.17) is 9.47 Å². The highest BCUT2D eigenvalue weighted by molar-refractivity contribution is 5.93. The predicted molar refractivity (Wildman–Crippen MR) is 92.5 cm³/mol. The molecule has 3 aromatic rings. The Bertz CT molecular complexity index is 862. The molecule has 0 fully saturated rings. The molecular weight excluding hydrogens is 320 g/mol. The van der Waals surface area contributed by atoms with Gasteiger partial charge in [-0.05, 0) is 36.4 Å². The molecule has 1 amide bonds. The number of carbonyl (C=O) groups is 1. The maximum Gasteiger partial charge on any atom is 0.269 e. The van der Waals surface area contributed by atoms with Gasteiger partial charge in [-0.15, -0.1) is 0 Å². The molecule has 128 valence electrons. The highest BCUT2D eigenvalue weighted by atomic mass is 16.5. The summed E-state index contributed by atoms with van der Waals surface area (Å²) in [7, 11) is 3.18. The summed E-state index contributed by atoms with van der Waals surface area (Å²) in [6.45, 7) is 0.306. The summed E-state index contributed by atoms with van der Waals surface area (Å²) in [6.07, 6.45) is 3.38. The SMILES string of the molecule is COc1ccc(OC)c(CNC(=O)c2cc(-c3cccnc3)n[nH]2)c1. The predicted octanol–water partition coefficient (Wildman–Crippen LogP) is 2.42. The molecule has 0 aliphatic heterocycles. The van der Waals surface area contributed by atoms with E-state index in [2.05, 4.69) is 20.5 Å². The van der Waals surface area contributed by atoms with Gasteiger partial charge in [-0.25, -0.2) is 0 Å². The third-order valence-electron chi connectivity index (χ3n) is 3.71. The van der Waals surface area contributed by atoms with Gasteiger partial charge in [0.25, 0.3) is 5.91 Å². The normalized spacial score (nSPS) is 10.3. The van der Waals surface area contributed by atoms with Crippen molar-refractivity contribution in [3.63, 3.8) is 0 Å². The standard InChI is InChI=1S/C18H18N4O3/c1-24-14-5-6-17(25-2)13(8-14)11-20-18(23)16-9-15(21-22-16)12-4-3-7-19-10-12/h3-10H,11H2,1-2H3,(H,20,23)(H,21,22). The number of hydrogen-bond donors (Lipinski definition) is 2. The van der Waals surface area contributed by atoms with Crippen molar-refractivity contribution in [2.75, 3.05) is 14.2 Å². The first-order chi connectivity index (χ1) is 12.2. The minimum absolute atomic E-state index is 0.257. The Balaban J connectivity index is 1.70. The summed E-state index contributed by atoms with van der Waals surface area (Å²) < 4.78 is 10.5. The van der Waals surface area contributed by atoms with E-state index in [1.165, 1.54) is 0 Å². The Labute approximate surface area is 145 Å². The molecule has 3 rings (SSSR count). The van der Waals surface area contributed by atoms with Crippen LogP contribution in [0.25, 0.3) is 11.3 Å². The smallest absolute Gasteiger partial charge is 0.269 e. The lowest BCUT2D eigenvalue weighted by molar-refractivity contribution is 0.0945. The molecule has 0 saturated heterocycles. The second-order valence-corrected chi connectivity index (χ2v) is 5.27. The lowest BCUT2D eigenvalue weighted by Gasteiger charge is -2.11. The summed E-state index contributed by atoms with van der Waals surface area (Å²) >= 11 is 0. The number of ether oxygens (including phenoxy) is 2. The van der Waals surface area contributed by atoms with Crippen molar-refractivity contribution in [1.29, 1.82) is 0 Å². The van der Waals surface area contributed by atoms with Gasteiger partial charge in [0.1, 0.15) is 17.2 Å². The van der Waals surface area contributed by atoms with Crippen LogP contribution in [0.5, 0.6) is 11.5 Å². The fourth-order valence-corrected chi connectivity index (χ4v) is 2.39. The lowest BCUT2D eigenvalue weighted by atomic mass is 10.1. The molecule has 2 N–H and O–H groups in total. The molecule has 0 aliphatic rings. The molecule has 0 unspecified atom stereocenters. The van der Waals surface area contributed by atoms with Gasteiger partial charge in [0.2, 0.25) is 0 Å². The molecule has 0 atom stereocenters. The number of nitrogens with one attached hydrogen (secondary N) is 2. The highest BCUT2D eigenvalue weighted by Gasteiger charge is 2.12. The van der Waals surface area contributed by atoms with E-state index in [9.17, 15) is 4.79 Å². The zero-order valence-corrected chi connectivity index (χ0v) is 13.9. The van der Waals surface area contributed by atoms with Crippen molar-refractivity contribution in [2.24, 2.45) is 0 Å². The van der Waals surface area contributed by atoms with Gasteiger partial charge in [0.15, 0.2) is 0 Å². The first kappa shape index (κ1) is 16.5. The van der Waals surface area contributed by atoms with Gasteiger partial charge >= 0.3 is 0 Å². The molecule has 0 radical (unpaired) electrons. The molecule has 7 heteroatoms. The Kier molecular flexibility index (Phi) is 4.94. The number of hydrogen-bond acceptors (Lipinski definition) is 5. The number of rotatable bonds is 6. The molecule has 0 bridgehead atoms. The Hall–Kier alpha value is -3.35. The summed E-state index contributed by atoms with van der Waals surface area (Å²) in [4.78, 5) is 16.4. The Morgan fingerprint density at radius 2 is 2.08 bits per heavy atom. The van der Waals surface area contributed by atoms with Gasteiger partial charge in [0.05, 0.1) is 19.9 Å². The average Bonchev–Trinajstić information content (AvgIpc) is 3.17. The average molecular weight is 338 g/mol. The van der Waals surface area contributed by atoms with Crippen LogP contribution >= 0.6 is 0 Å². The van der Waals surface area contributed by atoms with E-state index in [1.807, 2.05) is 18.2 Å². The van der Waals surface area contributed by atoms with E-state index >= 15 is 0 Å². The van der Waals surface area contributed by atoms with Gasteiger partial charge < -0.3 is 14.8 Å². The topological polar surface area (TPSA) is 89.1 Å². The van der Waals surface area contributed by atoms with Crippen molar-refractivity contribution < 1.29 is 14.3 Å². The van der Waals surface area contributed by atoms with Crippen LogP contribution in [0.2, 0.25) is 0 Å². The largest absolute Gasteiger partial charge is 0.497 e. The van der Waals surface area contributed by atoms with E-state index in [1.54, 1.807) is 44.8 Å². The van der Waals surface area contributed by atoms with Gasteiger partial charge in [0, 0.05) is 30.1 Å². The number of aromatic nitrogens is 3. The molecule has 0 aliphatic carbocycles. The zero-order valence-electron chi connectivity index (χ0n) is 13.9. The highest BCUT2D eigenvalue weighted by Crippen LogP contribution is 2.24. The van der Waals surface area contributed by atoms with Crippen LogP contribution in [-0.4, -0.2) is 35.3 Å². The molecule has 0 saturated carbocycles. The molecular formula is C18H18N4O3. The van der Waals surface area contributed by atoms with Crippen LogP contribution in [-0.2, 0) is 6.54 Å². The third kappa shape index (κ3) is 3.77. The van der Waals surface area contributed by atoms with Crippen molar-refractivity contribution in [2.45, 2.75) is 6.54 Å². The molecule has 2 aromatic heterocycles. The number of benzene rings is 1.